The van der Waals surface area contributed by atoms with Crippen LogP contribution >= 0.6 is 11.3 Å². The molecule has 0 bridgehead atoms. The summed E-state index contributed by atoms with van der Waals surface area (Å²) in [7, 11) is 0. The van der Waals surface area contributed by atoms with Gasteiger partial charge in [-0.25, -0.2) is 0 Å². The van der Waals surface area contributed by atoms with Gasteiger partial charge in [-0.15, -0.1) is 5.10 Å². The van der Waals surface area contributed by atoms with E-state index in [9.17, 15) is 4.79 Å². The molecule has 128 valence electrons. The van der Waals surface area contributed by atoms with Crippen LogP contribution in [0, 0.1) is 0 Å². The van der Waals surface area contributed by atoms with Crippen molar-refractivity contribution in [3.63, 3.8) is 0 Å². The van der Waals surface area contributed by atoms with E-state index in [4.69, 9.17) is 4.74 Å². The first-order valence-electron chi connectivity index (χ1n) is 7.90. The van der Waals surface area contributed by atoms with Crippen LogP contribution in [-0.2, 0) is 0 Å². The number of fused-ring (bicyclic) bond motifs is 1. The Bertz CT molecular complexity index is 1160. The first-order chi connectivity index (χ1) is 12.7. The van der Waals surface area contributed by atoms with Gasteiger partial charge in [-0.1, -0.05) is 36.1 Å². The Kier molecular flexibility index (Phi) is 4.28. The van der Waals surface area contributed by atoms with Crippen LogP contribution in [-0.4, -0.2) is 26.2 Å². The van der Waals surface area contributed by atoms with E-state index in [1.54, 1.807) is 18.5 Å². The molecule has 1 aromatic carbocycles. The van der Waals surface area contributed by atoms with Crippen molar-refractivity contribution in [1.29, 1.82) is 0 Å². The van der Waals surface area contributed by atoms with Gasteiger partial charge in [0.15, 0.2) is 5.82 Å². The molecule has 3 heterocycles. The third-order valence-corrected chi connectivity index (χ3v) is 4.61. The van der Waals surface area contributed by atoms with Crippen LogP contribution in [0.2, 0.25) is 0 Å². The van der Waals surface area contributed by atoms with E-state index in [0.717, 1.165) is 16.9 Å². The second-order valence-electron chi connectivity index (χ2n) is 5.46. The number of pyridine rings is 1. The molecule has 0 saturated carbocycles. The number of aromatic nitrogens is 4. The predicted molar refractivity (Wildman–Crippen MR) is 101 cm³/mol. The van der Waals surface area contributed by atoms with Crippen LogP contribution in [0.5, 0.6) is 5.75 Å². The normalized spacial score (nSPS) is 11.8. The van der Waals surface area contributed by atoms with Crippen LogP contribution in [0.25, 0.3) is 22.4 Å². The Morgan fingerprint density at radius 1 is 1.23 bits per heavy atom. The fraction of sp³-hybridized carbons (Fsp3) is 0.0526. The molecular weight excluding hydrogens is 348 g/mol. The average Bonchev–Trinajstić information content (AvgIpc) is 3.22. The second-order valence-corrected chi connectivity index (χ2v) is 6.47. The van der Waals surface area contributed by atoms with Gasteiger partial charge < -0.3 is 4.74 Å². The third kappa shape index (κ3) is 3.12. The van der Waals surface area contributed by atoms with Gasteiger partial charge in [0.25, 0.3) is 5.56 Å². The molecule has 0 spiro atoms. The lowest BCUT2D eigenvalue weighted by atomic mass is 10.2. The fourth-order valence-corrected chi connectivity index (χ4v) is 3.33. The highest BCUT2D eigenvalue weighted by atomic mass is 32.1. The number of benzene rings is 1. The number of thiazole rings is 1. The van der Waals surface area contributed by atoms with Gasteiger partial charge in [0.2, 0.25) is 4.96 Å². The SMILES string of the molecule is C=CCOc1ccc(/C=c2\sc3nc(-c4cccnc4)nn3c2=O)cc1. The summed E-state index contributed by atoms with van der Waals surface area (Å²) in [4.78, 5) is 21.6. The lowest BCUT2D eigenvalue weighted by Crippen LogP contribution is -2.23. The molecule has 0 aliphatic heterocycles. The summed E-state index contributed by atoms with van der Waals surface area (Å²) in [6.45, 7) is 4.08. The maximum absolute atomic E-state index is 12.6. The number of hydrogen-bond donors (Lipinski definition) is 0. The number of hydrogen-bond acceptors (Lipinski definition) is 6. The summed E-state index contributed by atoms with van der Waals surface area (Å²) in [6, 6.07) is 11.2. The zero-order valence-corrected chi connectivity index (χ0v) is 14.5. The van der Waals surface area contributed by atoms with Gasteiger partial charge in [-0.3, -0.25) is 9.78 Å². The molecule has 26 heavy (non-hydrogen) atoms. The lowest BCUT2D eigenvalue weighted by Gasteiger charge is -2.02. The maximum Gasteiger partial charge on any atom is 0.291 e. The summed E-state index contributed by atoms with van der Waals surface area (Å²) in [6.07, 6.45) is 6.87. The van der Waals surface area contributed by atoms with Crippen LogP contribution in [0.15, 0.2) is 66.2 Å². The standard InChI is InChI=1S/C19H14N4O2S/c1-2-10-25-15-7-5-13(6-8-15)11-16-18(24)23-19(26-16)21-17(22-23)14-4-3-9-20-12-14/h2-9,11-12H,1,10H2/b16-11-. The van der Waals surface area contributed by atoms with Gasteiger partial charge in [0, 0.05) is 18.0 Å². The van der Waals surface area contributed by atoms with E-state index in [1.807, 2.05) is 42.5 Å². The van der Waals surface area contributed by atoms with Gasteiger partial charge in [-0.2, -0.15) is 9.50 Å². The summed E-state index contributed by atoms with van der Waals surface area (Å²) < 4.78 is 7.37. The molecule has 4 aromatic rings. The van der Waals surface area contributed by atoms with E-state index in [2.05, 4.69) is 21.6 Å². The van der Waals surface area contributed by atoms with Gasteiger partial charge in [0.05, 0.1) is 4.53 Å². The highest BCUT2D eigenvalue weighted by Crippen LogP contribution is 2.15. The smallest absolute Gasteiger partial charge is 0.291 e. The molecule has 0 unspecified atom stereocenters. The molecule has 0 amide bonds. The average molecular weight is 362 g/mol. The van der Waals surface area contributed by atoms with Gasteiger partial charge in [0.1, 0.15) is 12.4 Å². The second kappa shape index (κ2) is 6.89. The van der Waals surface area contributed by atoms with Crippen molar-refractivity contribution in [1.82, 2.24) is 19.6 Å². The number of nitrogens with zero attached hydrogens (tertiary/aromatic N) is 4. The van der Waals surface area contributed by atoms with Gasteiger partial charge in [-0.05, 0) is 35.9 Å². The molecule has 6 nitrogen and oxygen atoms in total. The van der Waals surface area contributed by atoms with Crippen molar-refractivity contribution in [3.05, 3.63) is 81.9 Å². The molecule has 0 fully saturated rings. The molecule has 0 N–H and O–H groups in total. The molecule has 0 aliphatic carbocycles. The number of rotatable bonds is 5. The van der Waals surface area contributed by atoms with Gasteiger partial charge >= 0.3 is 0 Å². The fourth-order valence-electron chi connectivity index (χ4n) is 2.42. The molecule has 7 heteroatoms. The maximum atomic E-state index is 12.6. The predicted octanol–water partition coefficient (Wildman–Crippen LogP) is 2.33. The van der Waals surface area contributed by atoms with Crippen molar-refractivity contribution in [2.75, 3.05) is 6.61 Å². The molecule has 0 saturated heterocycles. The molecule has 4 rings (SSSR count). The van der Waals surface area contributed by atoms with Crippen LogP contribution in [0.4, 0.5) is 0 Å². The zero-order chi connectivity index (χ0) is 17.9. The van der Waals surface area contributed by atoms with E-state index in [0.29, 0.717) is 21.9 Å². The van der Waals surface area contributed by atoms with Crippen molar-refractivity contribution >= 4 is 22.4 Å². The first kappa shape index (κ1) is 16.2. The van der Waals surface area contributed by atoms with Crippen LogP contribution < -0.4 is 14.8 Å². The first-order valence-corrected chi connectivity index (χ1v) is 8.72. The molecule has 0 atom stereocenters. The van der Waals surface area contributed by atoms with E-state index < -0.39 is 0 Å². The Labute approximate surface area is 152 Å². The van der Waals surface area contributed by atoms with Crippen molar-refractivity contribution in [2.45, 2.75) is 0 Å². The van der Waals surface area contributed by atoms with E-state index >= 15 is 0 Å². The summed E-state index contributed by atoms with van der Waals surface area (Å²) >= 11 is 1.31. The highest BCUT2D eigenvalue weighted by molar-refractivity contribution is 7.15. The Hall–Kier alpha value is -3.32. The summed E-state index contributed by atoms with van der Waals surface area (Å²) in [5.74, 6) is 1.25. The quantitative estimate of drug-likeness (QED) is 0.510. The topological polar surface area (TPSA) is 69.4 Å². The Morgan fingerprint density at radius 2 is 2.08 bits per heavy atom. The number of ether oxygens (including phenoxy) is 1. The largest absolute Gasteiger partial charge is 0.490 e. The Balaban J connectivity index is 1.68. The minimum Gasteiger partial charge on any atom is -0.490 e. The molecule has 0 radical (unpaired) electrons. The zero-order valence-electron chi connectivity index (χ0n) is 13.7. The Morgan fingerprint density at radius 3 is 2.77 bits per heavy atom. The third-order valence-electron chi connectivity index (χ3n) is 3.65. The highest BCUT2D eigenvalue weighted by Gasteiger charge is 2.11. The van der Waals surface area contributed by atoms with Crippen molar-refractivity contribution < 1.29 is 4.74 Å². The summed E-state index contributed by atoms with van der Waals surface area (Å²) in [5.41, 5.74) is 1.51. The van der Waals surface area contributed by atoms with Crippen molar-refractivity contribution in [2.24, 2.45) is 0 Å². The monoisotopic (exact) mass is 362 g/mol. The molecule has 0 aliphatic rings. The van der Waals surface area contributed by atoms with Crippen molar-refractivity contribution in [3.8, 4) is 17.1 Å². The minimum atomic E-state index is -0.181. The van der Waals surface area contributed by atoms with E-state index in [-0.39, 0.29) is 5.56 Å². The van der Waals surface area contributed by atoms with Crippen LogP contribution in [0.1, 0.15) is 5.56 Å². The van der Waals surface area contributed by atoms with E-state index in [1.165, 1.54) is 15.9 Å². The van der Waals surface area contributed by atoms with Crippen LogP contribution in [0.3, 0.4) is 0 Å². The minimum absolute atomic E-state index is 0.181. The molecule has 3 aromatic heterocycles. The molecular formula is C19H14N4O2S. The summed E-state index contributed by atoms with van der Waals surface area (Å²) in [5, 5.41) is 4.31. The lowest BCUT2D eigenvalue weighted by molar-refractivity contribution is 0.363.